The minimum absolute atomic E-state index is 0.353. The van der Waals surface area contributed by atoms with Gasteiger partial charge in [0, 0.05) is 4.88 Å². The monoisotopic (exact) mass is 261 g/mol. The third kappa shape index (κ3) is 3.40. The number of aliphatic hydroxyl groups excluding tert-OH is 1. The zero-order valence-electron chi connectivity index (χ0n) is 10.9. The zero-order chi connectivity index (χ0) is 13.0. The highest BCUT2D eigenvalue weighted by Crippen LogP contribution is 2.22. The minimum Gasteiger partial charge on any atom is -0.388 e. The van der Waals surface area contributed by atoms with E-state index < -0.39 is 0 Å². The van der Waals surface area contributed by atoms with E-state index in [0.29, 0.717) is 0 Å². The maximum Gasteiger partial charge on any atom is 0.0930 e. The van der Waals surface area contributed by atoms with Gasteiger partial charge >= 0.3 is 0 Å². The second-order valence-electron chi connectivity index (χ2n) is 4.57. The molecule has 0 radical (unpaired) electrons. The Hall–Kier alpha value is -1.19. The average Bonchev–Trinajstić information content (AvgIpc) is 2.69. The van der Waals surface area contributed by atoms with Crippen LogP contribution in [-0.4, -0.2) is 10.1 Å². The van der Waals surface area contributed by atoms with Crippen LogP contribution in [0.25, 0.3) is 0 Å². The van der Waals surface area contributed by atoms with Gasteiger partial charge in [0.1, 0.15) is 0 Å². The van der Waals surface area contributed by atoms with Gasteiger partial charge in [-0.15, -0.1) is 11.3 Å². The highest BCUT2D eigenvalue weighted by molar-refractivity contribution is 7.11. The molecule has 0 amide bonds. The van der Waals surface area contributed by atoms with Crippen molar-refractivity contribution in [2.24, 2.45) is 0 Å². The summed E-state index contributed by atoms with van der Waals surface area (Å²) >= 11 is 1.77. The number of aliphatic hydroxyl groups is 1. The Bertz CT molecular complexity index is 473. The van der Waals surface area contributed by atoms with Crippen LogP contribution >= 0.6 is 11.3 Å². The van der Waals surface area contributed by atoms with Crippen LogP contribution in [-0.2, 0) is 6.42 Å². The van der Waals surface area contributed by atoms with E-state index in [1.165, 1.54) is 9.88 Å². The molecule has 0 aliphatic heterocycles. The first-order valence-electron chi connectivity index (χ1n) is 6.32. The van der Waals surface area contributed by atoms with Crippen molar-refractivity contribution in [1.82, 2.24) is 4.98 Å². The van der Waals surface area contributed by atoms with Crippen molar-refractivity contribution in [1.29, 1.82) is 0 Å². The van der Waals surface area contributed by atoms with Crippen molar-refractivity contribution in [2.45, 2.75) is 39.2 Å². The molecule has 1 unspecified atom stereocenters. The number of rotatable bonds is 5. The van der Waals surface area contributed by atoms with Gasteiger partial charge in [-0.1, -0.05) is 30.3 Å². The first-order chi connectivity index (χ1) is 8.66. The molecule has 1 aromatic carbocycles. The molecule has 0 aliphatic rings. The van der Waals surface area contributed by atoms with Crippen molar-refractivity contribution in [2.75, 3.05) is 0 Å². The summed E-state index contributed by atoms with van der Waals surface area (Å²) in [6.45, 7) is 4.16. The fourth-order valence-corrected chi connectivity index (χ4v) is 2.91. The molecule has 2 rings (SSSR count). The van der Waals surface area contributed by atoms with E-state index in [9.17, 15) is 5.11 Å². The molecule has 0 saturated carbocycles. The fourth-order valence-electron chi connectivity index (χ4n) is 1.93. The Balaban J connectivity index is 1.82. The van der Waals surface area contributed by atoms with Crippen molar-refractivity contribution in [3.05, 3.63) is 51.5 Å². The molecule has 0 bridgehead atoms. The van der Waals surface area contributed by atoms with Crippen molar-refractivity contribution >= 4 is 11.3 Å². The van der Waals surface area contributed by atoms with E-state index in [4.69, 9.17) is 0 Å². The molecule has 96 valence electrons. The van der Waals surface area contributed by atoms with Gasteiger partial charge in [-0.3, -0.25) is 0 Å². The van der Waals surface area contributed by atoms with Crippen LogP contribution in [0.15, 0.2) is 30.3 Å². The van der Waals surface area contributed by atoms with Gasteiger partial charge in [-0.25, -0.2) is 4.98 Å². The molecule has 1 atom stereocenters. The second kappa shape index (κ2) is 6.12. The van der Waals surface area contributed by atoms with Gasteiger partial charge in [0.25, 0.3) is 0 Å². The largest absolute Gasteiger partial charge is 0.388 e. The quantitative estimate of drug-likeness (QED) is 0.887. The number of thiazole rings is 1. The number of hydrogen-bond donors (Lipinski definition) is 1. The van der Waals surface area contributed by atoms with Crippen molar-refractivity contribution < 1.29 is 5.11 Å². The summed E-state index contributed by atoms with van der Waals surface area (Å²) in [7, 11) is 0. The smallest absolute Gasteiger partial charge is 0.0930 e. The van der Waals surface area contributed by atoms with Crippen LogP contribution in [0.5, 0.6) is 0 Å². The lowest BCUT2D eigenvalue weighted by atomic mass is 10.0. The van der Waals surface area contributed by atoms with Crippen LogP contribution in [0.1, 0.15) is 40.1 Å². The van der Waals surface area contributed by atoms with Crippen LogP contribution in [0.4, 0.5) is 0 Å². The summed E-state index contributed by atoms with van der Waals surface area (Å²) in [4.78, 5) is 5.82. The molecular formula is C15H19NOS. The molecule has 0 fully saturated rings. The molecule has 1 N–H and O–H groups in total. The van der Waals surface area contributed by atoms with E-state index in [0.717, 1.165) is 30.5 Å². The first-order valence-corrected chi connectivity index (χ1v) is 7.14. The van der Waals surface area contributed by atoms with E-state index in [1.54, 1.807) is 11.3 Å². The molecule has 0 aliphatic carbocycles. The molecule has 0 spiro atoms. The lowest BCUT2D eigenvalue weighted by molar-refractivity contribution is 0.164. The zero-order valence-corrected chi connectivity index (χ0v) is 11.7. The average molecular weight is 261 g/mol. The molecule has 0 saturated heterocycles. The molecule has 2 nitrogen and oxygen atoms in total. The van der Waals surface area contributed by atoms with Crippen LogP contribution in [0.3, 0.4) is 0 Å². The predicted molar refractivity (Wildman–Crippen MR) is 75.9 cm³/mol. The first kappa shape index (κ1) is 13.2. The lowest BCUT2D eigenvalue weighted by Crippen LogP contribution is -1.98. The van der Waals surface area contributed by atoms with E-state index in [-0.39, 0.29) is 6.10 Å². The topological polar surface area (TPSA) is 33.1 Å². The molecular weight excluding hydrogens is 242 g/mol. The number of nitrogens with zero attached hydrogens (tertiary/aromatic N) is 1. The SMILES string of the molecule is Cc1nc(CCCC(O)c2ccccc2)sc1C. The molecule has 2 aromatic rings. The lowest BCUT2D eigenvalue weighted by Gasteiger charge is -2.09. The molecule has 18 heavy (non-hydrogen) atoms. The maximum absolute atomic E-state index is 10.0. The Kier molecular flexibility index (Phi) is 4.50. The van der Waals surface area contributed by atoms with Gasteiger partial charge in [-0.05, 0) is 38.7 Å². The van der Waals surface area contributed by atoms with E-state index in [2.05, 4.69) is 11.9 Å². The molecule has 3 heteroatoms. The third-order valence-corrected chi connectivity index (χ3v) is 4.26. The van der Waals surface area contributed by atoms with Gasteiger partial charge in [-0.2, -0.15) is 0 Å². The van der Waals surface area contributed by atoms with Crippen LogP contribution in [0.2, 0.25) is 0 Å². The summed E-state index contributed by atoms with van der Waals surface area (Å²) < 4.78 is 0. The fraction of sp³-hybridized carbons (Fsp3) is 0.400. The van der Waals surface area contributed by atoms with E-state index in [1.807, 2.05) is 37.3 Å². The summed E-state index contributed by atoms with van der Waals surface area (Å²) in [6.07, 6.45) is 2.38. The van der Waals surface area contributed by atoms with Crippen LogP contribution < -0.4 is 0 Å². The van der Waals surface area contributed by atoms with Gasteiger partial charge < -0.3 is 5.11 Å². The minimum atomic E-state index is -0.353. The second-order valence-corrected chi connectivity index (χ2v) is 5.86. The number of aromatic nitrogens is 1. The van der Waals surface area contributed by atoms with E-state index >= 15 is 0 Å². The van der Waals surface area contributed by atoms with Gasteiger partial charge in [0.05, 0.1) is 16.8 Å². The summed E-state index contributed by atoms with van der Waals surface area (Å²) in [5, 5.41) is 11.2. The standard InChI is InChI=1S/C15H19NOS/c1-11-12(2)18-15(16-11)10-6-9-14(17)13-7-4-3-5-8-13/h3-5,7-8,14,17H,6,9-10H2,1-2H3. The number of aryl methyl sites for hydroxylation is 3. The highest BCUT2D eigenvalue weighted by Gasteiger charge is 2.08. The Morgan fingerprint density at radius 1 is 1.22 bits per heavy atom. The molecule has 1 aromatic heterocycles. The van der Waals surface area contributed by atoms with Crippen LogP contribution in [0, 0.1) is 13.8 Å². The number of hydrogen-bond acceptors (Lipinski definition) is 3. The molecule has 1 heterocycles. The Morgan fingerprint density at radius 2 is 1.94 bits per heavy atom. The van der Waals surface area contributed by atoms with Gasteiger partial charge in [0.2, 0.25) is 0 Å². The normalized spacial score (nSPS) is 12.6. The maximum atomic E-state index is 10.0. The summed E-state index contributed by atoms with van der Waals surface area (Å²) in [5.41, 5.74) is 2.14. The third-order valence-electron chi connectivity index (χ3n) is 3.13. The van der Waals surface area contributed by atoms with Gasteiger partial charge in [0.15, 0.2) is 0 Å². The summed E-state index contributed by atoms with van der Waals surface area (Å²) in [5.74, 6) is 0. The Labute approximate surface area is 112 Å². The summed E-state index contributed by atoms with van der Waals surface area (Å²) in [6, 6.07) is 9.85. The predicted octanol–water partition coefficient (Wildman–Crippen LogP) is 3.82. The van der Waals surface area contributed by atoms with Crippen molar-refractivity contribution in [3.63, 3.8) is 0 Å². The van der Waals surface area contributed by atoms with Crippen molar-refractivity contribution in [3.8, 4) is 0 Å². The highest BCUT2D eigenvalue weighted by atomic mass is 32.1. The Morgan fingerprint density at radius 3 is 2.56 bits per heavy atom. The number of benzene rings is 1.